The summed E-state index contributed by atoms with van der Waals surface area (Å²) in [5.74, 6) is 2.18. The van der Waals surface area contributed by atoms with Gasteiger partial charge in [0.15, 0.2) is 5.79 Å². The smallest absolute Gasteiger partial charge is 0.405 e. The van der Waals surface area contributed by atoms with Gasteiger partial charge in [0.25, 0.3) is 0 Å². The molecule has 4 bridgehead atoms. The molecular weight excluding hydrogens is 561 g/mol. The van der Waals surface area contributed by atoms with Crippen molar-refractivity contribution in [2.24, 2.45) is 29.1 Å². The van der Waals surface area contributed by atoms with Crippen LogP contribution in [0.1, 0.15) is 57.1 Å². The summed E-state index contributed by atoms with van der Waals surface area (Å²) in [6.07, 6.45) is 2.59. The van der Waals surface area contributed by atoms with E-state index in [1.165, 1.54) is 37.6 Å². The van der Waals surface area contributed by atoms with Crippen LogP contribution in [0.3, 0.4) is 0 Å². The quantitative estimate of drug-likeness (QED) is 0.327. The molecule has 9 nitrogen and oxygen atoms in total. The van der Waals surface area contributed by atoms with Crippen molar-refractivity contribution in [2.75, 3.05) is 36.9 Å². The third kappa shape index (κ3) is 7.00. The van der Waals surface area contributed by atoms with E-state index in [0.717, 1.165) is 31.8 Å². The molecule has 5 atom stereocenters. The monoisotopic (exact) mass is 600 g/mol. The fraction of sp³-hybridized carbons (Fsp3) is 0.645. The fourth-order valence-electron chi connectivity index (χ4n) is 7.89. The Bertz CT molecular complexity index is 1320. The predicted molar refractivity (Wildman–Crippen MR) is 153 cm³/mol. The average molecular weight is 601 g/mol. The van der Waals surface area contributed by atoms with E-state index in [9.17, 15) is 18.4 Å². The second kappa shape index (κ2) is 11.7. The number of nitrogens with one attached hydrogen (secondary N) is 3. The molecular formula is C31H39F3N6O3. The van der Waals surface area contributed by atoms with E-state index in [-0.39, 0.29) is 23.7 Å². The minimum absolute atomic E-state index is 0.0256. The zero-order chi connectivity index (χ0) is 30.2. The number of hydrogen-bond acceptors (Lipinski definition) is 9. The number of rotatable bonds is 10. The molecule has 12 heteroatoms. The van der Waals surface area contributed by atoms with Crippen LogP contribution in [-0.2, 0) is 16.0 Å². The summed E-state index contributed by atoms with van der Waals surface area (Å²) >= 11 is 0. The first-order chi connectivity index (χ1) is 20.5. The van der Waals surface area contributed by atoms with Crippen molar-refractivity contribution in [3.63, 3.8) is 0 Å². The molecule has 0 spiro atoms. The Hall–Kier alpha value is -3.14. The highest BCUT2D eigenvalue weighted by atomic mass is 19.4. The lowest BCUT2D eigenvalue weighted by Crippen LogP contribution is -2.60. The van der Waals surface area contributed by atoms with Crippen molar-refractivity contribution in [1.82, 2.24) is 15.3 Å². The van der Waals surface area contributed by atoms with E-state index in [4.69, 9.17) is 9.47 Å². The van der Waals surface area contributed by atoms with Crippen molar-refractivity contribution >= 4 is 11.8 Å². The molecule has 1 saturated heterocycles. The minimum atomic E-state index is -4.79. The number of ether oxygens (including phenoxy) is 3. The van der Waals surface area contributed by atoms with Crippen molar-refractivity contribution < 1.29 is 27.4 Å². The fourth-order valence-corrected chi connectivity index (χ4v) is 7.89. The lowest BCUT2D eigenvalue weighted by Gasteiger charge is -2.60. The van der Waals surface area contributed by atoms with Crippen molar-refractivity contribution in [3.8, 4) is 11.8 Å². The van der Waals surface area contributed by atoms with Gasteiger partial charge in [-0.2, -0.15) is 10.2 Å². The number of benzene rings is 1. The van der Waals surface area contributed by atoms with Gasteiger partial charge in [-0.3, -0.25) is 0 Å². The first kappa shape index (κ1) is 29.9. The third-order valence-electron chi connectivity index (χ3n) is 9.55. The van der Waals surface area contributed by atoms with Gasteiger partial charge in [0.1, 0.15) is 23.2 Å². The zero-order valence-electron chi connectivity index (χ0n) is 24.5. The topological polar surface area (TPSA) is 113 Å². The molecule has 0 radical (unpaired) electrons. The minimum Gasteiger partial charge on any atom is -0.405 e. The van der Waals surface area contributed by atoms with E-state index >= 15 is 0 Å². The highest BCUT2D eigenvalue weighted by Crippen LogP contribution is 2.60. The Balaban J connectivity index is 1.07. The van der Waals surface area contributed by atoms with E-state index in [0.29, 0.717) is 54.0 Å². The van der Waals surface area contributed by atoms with Crippen LogP contribution < -0.4 is 20.7 Å². The largest absolute Gasteiger partial charge is 0.573 e. The van der Waals surface area contributed by atoms with Gasteiger partial charge >= 0.3 is 6.36 Å². The number of halogens is 3. The van der Waals surface area contributed by atoms with Crippen molar-refractivity contribution in [1.29, 1.82) is 5.26 Å². The Labute approximate surface area is 249 Å². The van der Waals surface area contributed by atoms with E-state index in [1.54, 1.807) is 12.1 Å². The van der Waals surface area contributed by atoms with Gasteiger partial charge in [-0.25, -0.2) is 4.98 Å². The summed E-state index contributed by atoms with van der Waals surface area (Å²) in [4.78, 5) is 8.74. The van der Waals surface area contributed by atoms with Crippen LogP contribution in [0.25, 0.3) is 0 Å². The highest BCUT2D eigenvalue weighted by molar-refractivity contribution is 5.53. The van der Waals surface area contributed by atoms with Gasteiger partial charge in [0.2, 0.25) is 5.95 Å². The van der Waals surface area contributed by atoms with Crippen LogP contribution in [0.4, 0.5) is 24.9 Å². The zero-order valence-corrected chi connectivity index (χ0v) is 24.5. The molecule has 3 N–H and O–H groups in total. The van der Waals surface area contributed by atoms with E-state index in [1.807, 2.05) is 13.8 Å². The Morgan fingerprint density at radius 3 is 2.49 bits per heavy atom. The highest BCUT2D eigenvalue weighted by Gasteiger charge is 2.55. The summed E-state index contributed by atoms with van der Waals surface area (Å²) in [6.45, 7) is 6.98. The van der Waals surface area contributed by atoms with Crippen LogP contribution in [0.5, 0.6) is 5.75 Å². The number of aromatic nitrogens is 2. The Morgan fingerprint density at radius 1 is 1.07 bits per heavy atom. The summed E-state index contributed by atoms with van der Waals surface area (Å²) in [7, 11) is 0. The lowest BCUT2D eigenvalue weighted by molar-refractivity contribution is -0.274. The lowest BCUT2D eigenvalue weighted by atomic mass is 9.48. The standard InChI is InChI=1S/C31H39F3N6O3/c1-29(2)41-16-20(17-42-29)13-36-26-22-7-19-8-23(26)11-30(9-19,10-22)18-39-27-24(12-35)15-38-28(40-27)37-14-21-5-3-4-6-25(21)43-31(32,33)34/h3-6,15,19-20,22-23,26,36H,7-11,13-14,16-18H2,1-2H3,(H2,37,38,39,40)/t19?,22-,23+,26?,30?. The first-order valence-corrected chi connectivity index (χ1v) is 15.1. The maximum Gasteiger partial charge on any atom is 0.573 e. The molecule has 43 heavy (non-hydrogen) atoms. The summed E-state index contributed by atoms with van der Waals surface area (Å²) < 4.78 is 54.3. The molecule has 0 amide bonds. The third-order valence-corrected chi connectivity index (χ3v) is 9.55. The second-order valence-electron chi connectivity index (χ2n) is 13.2. The molecule has 2 aromatic rings. The maximum absolute atomic E-state index is 12.8. The number of anilines is 2. The van der Waals surface area contributed by atoms with Gasteiger partial charge in [-0.1, -0.05) is 18.2 Å². The van der Waals surface area contributed by atoms with Gasteiger partial charge in [0, 0.05) is 37.2 Å². The predicted octanol–water partition coefficient (Wildman–Crippen LogP) is 5.45. The summed E-state index contributed by atoms with van der Waals surface area (Å²) in [6, 6.07) is 8.60. The van der Waals surface area contributed by atoms with Gasteiger partial charge in [0.05, 0.1) is 19.4 Å². The molecule has 232 valence electrons. The molecule has 1 aliphatic heterocycles. The molecule has 4 aliphatic carbocycles. The average Bonchev–Trinajstić information content (AvgIpc) is 2.95. The maximum atomic E-state index is 12.8. The number of hydrogen-bond donors (Lipinski definition) is 3. The number of alkyl halides is 3. The number of para-hydroxylation sites is 1. The Kier molecular flexibility index (Phi) is 8.17. The second-order valence-corrected chi connectivity index (χ2v) is 13.2. The molecule has 3 unspecified atom stereocenters. The molecule has 5 fully saturated rings. The first-order valence-electron chi connectivity index (χ1n) is 15.1. The van der Waals surface area contributed by atoms with Crippen molar-refractivity contribution in [3.05, 3.63) is 41.6 Å². The molecule has 4 saturated carbocycles. The molecule has 7 rings (SSSR count). The van der Waals surface area contributed by atoms with E-state index in [2.05, 4.69) is 36.7 Å². The molecule has 2 heterocycles. The van der Waals surface area contributed by atoms with Crippen LogP contribution in [0.15, 0.2) is 30.5 Å². The molecule has 1 aromatic heterocycles. The van der Waals surface area contributed by atoms with Crippen LogP contribution >= 0.6 is 0 Å². The van der Waals surface area contributed by atoms with Crippen molar-refractivity contribution in [2.45, 2.75) is 70.7 Å². The number of nitrogens with zero attached hydrogens (tertiary/aromatic N) is 3. The number of nitriles is 1. The summed E-state index contributed by atoms with van der Waals surface area (Å²) in [5, 5.41) is 20.1. The molecule has 5 aliphatic rings. The van der Waals surface area contributed by atoms with E-state index < -0.39 is 12.1 Å². The normalized spacial score (nSPS) is 29.7. The van der Waals surface area contributed by atoms with Gasteiger partial charge in [-0.15, -0.1) is 13.2 Å². The van der Waals surface area contributed by atoms with Gasteiger partial charge < -0.3 is 30.2 Å². The van der Waals surface area contributed by atoms with Gasteiger partial charge in [-0.05, 0) is 75.2 Å². The van der Waals surface area contributed by atoms with Crippen LogP contribution in [0, 0.1) is 40.4 Å². The van der Waals surface area contributed by atoms with Crippen LogP contribution in [-0.4, -0.2) is 54.5 Å². The molecule has 1 aromatic carbocycles. The Morgan fingerprint density at radius 2 is 1.79 bits per heavy atom. The summed E-state index contributed by atoms with van der Waals surface area (Å²) in [5.41, 5.74) is 0.789. The SMILES string of the molecule is CC1(C)OCC(CNC2[C@@H]3CC4C[C@H]2CC(CNc2nc(NCc5ccccc5OC(F)(F)F)ncc2C#N)(C4)C3)CO1. The van der Waals surface area contributed by atoms with Crippen LogP contribution in [0.2, 0.25) is 0 Å².